The van der Waals surface area contributed by atoms with Crippen molar-refractivity contribution in [2.45, 2.75) is 24.0 Å². The number of nitrogens with zero attached hydrogens (tertiary/aromatic N) is 2. The second-order valence-corrected chi connectivity index (χ2v) is 11.3. The number of amides is 1. The Bertz CT molecular complexity index is 1250. The van der Waals surface area contributed by atoms with E-state index >= 15 is 0 Å². The molecule has 2 N–H and O–H groups in total. The van der Waals surface area contributed by atoms with Crippen LogP contribution >= 0.6 is 23.4 Å². The van der Waals surface area contributed by atoms with E-state index in [9.17, 15) is 13.2 Å². The van der Waals surface area contributed by atoms with Gasteiger partial charge in [0.25, 0.3) is 0 Å². The molecule has 0 aliphatic carbocycles. The summed E-state index contributed by atoms with van der Waals surface area (Å²) in [5.41, 5.74) is 0.734. The number of carbonyl (C=O) groups is 1. The molecule has 0 saturated carbocycles. The lowest BCUT2D eigenvalue weighted by molar-refractivity contribution is -0.120. The van der Waals surface area contributed by atoms with Gasteiger partial charge in [-0.15, -0.1) is 0 Å². The standard InChI is InChI=1S/C21H21ClN4O3S2/c1-21(10-11-31(28,29)13-21)26-18(27)12-30-20-24-16-8-4-2-6-14(16)19(25-20)23-17-9-5-3-7-15(17)22/h2-9H,10-13H2,1H3,(H,26,27)(H,23,24,25)/t21-/m0/s1. The van der Waals surface area contributed by atoms with Crippen molar-refractivity contribution < 1.29 is 13.2 Å². The zero-order valence-electron chi connectivity index (χ0n) is 16.8. The lowest BCUT2D eigenvalue weighted by Gasteiger charge is -2.23. The van der Waals surface area contributed by atoms with Crippen LogP contribution in [-0.4, -0.2) is 47.1 Å². The molecule has 0 spiro atoms. The number of rotatable bonds is 6. The summed E-state index contributed by atoms with van der Waals surface area (Å²) in [4.78, 5) is 21.6. The van der Waals surface area contributed by atoms with E-state index < -0.39 is 15.4 Å². The van der Waals surface area contributed by atoms with Gasteiger partial charge in [0.05, 0.1) is 39.0 Å². The number of carbonyl (C=O) groups excluding carboxylic acids is 1. The van der Waals surface area contributed by atoms with Crippen molar-refractivity contribution in [2.24, 2.45) is 0 Å². The van der Waals surface area contributed by atoms with Crippen molar-refractivity contribution in [1.82, 2.24) is 15.3 Å². The van der Waals surface area contributed by atoms with E-state index in [2.05, 4.69) is 20.6 Å². The number of para-hydroxylation sites is 2. The fourth-order valence-electron chi connectivity index (χ4n) is 3.52. The predicted octanol–water partition coefficient (Wildman–Crippen LogP) is 3.81. The molecule has 3 aromatic rings. The number of nitrogens with one attached hydrogen (secondary N) is 2. The number of sulfone groups is 1. The van der Waals surface area contributed by atoms with Crippen LogP contribution in [0.25, 0.3) is 10.9 Å². The zero-order chi connectivity index (χ0) is 22.1. The van der Waals surface area contributed by atoms with E-state index in [-0.39, 0.29) is 23.2 Å². The van der Waals surface area contributed by atoms with Gasteiger partial charge in [-0.1, -0.05) is 47.6 Å². The Morgan fingerprint density at radius 1 is 1.16 bits per heavy atom. The van der Waals surface area contributed by atoms with Crippen molar-refractivity contribution >= 4 is 61.5 Å². The van der Waals surface area contributed by atoms with Crippen LogP contribution in [0.1, 0.15) is 13.3 Å². The molecular weight excluding hydrogens is 456 g/mol. The maximum Gasteiger partial charge on any atom is 0.230 e. The van der Waals surface area contributed by atoms with Gasteiger partial charge >= 0.3 is 0 Å². The molecule has 1 atom stereocenters. The summed E-state index contributed by atoms with van der Waals surface area (Å²) in [7, 11) is -3.10. The molecule has 31 heavy (non-hydrogen) atoms. The first-order valence-electron chi connectivity index (χ1n) is 9.66. The molecule has 1 amide bonds. The molecule has 1 saturated heterocycles. The Morgan fingerprint density at radius 2 is 1.90 bits per heavy atom. The number of halogens is 1. The predicted molar refractivity (Wildman–Crippen MR) is 125 cm³/mol. The van der Waals surface area contributed by atoms with Gasteiger partial charge in [0.15, 0.2) is 15.0 Å². The van der Waals surface area contributed by atoms with E-state index in [4.69, 9.17) is 11.6 Å². The molecule has 1 aliphatic rings. The van der Waals surface area contributed by atoms with E-state index in [0.717, 1.165) is 16.6 Å². The van der Waals surface area contributed by atoms with Crippen LogP contribution < -0.4 is 10.6 Å². The maximum atomic E-state index is 12.5. The van der Waals surface area contributed by atoms with E-state index in [1.165, 1.54) is 11.8 Å². The Balaban J connectivity index is 1.52. The van der Waals surface area contributed by atoms with Crippen molar-refractivity contribution in [3.63, 3.8) is 0 Å². The maximum absolute atomic E-state index is 12.5. The lowest BCUT2D eigenvalue weighted by atomic mass is 10.0. The minimum atomic E-state index is -3.10. The fourth-order valence-corrected chi connectivity index (χ4v) is 6.44. The molecule has 0 bridgehead atoms. The number of aromatic nitrogens is 2. The number of fused-ring (bicyclic) bond motifs is 1. The van der Waals surface area contributed by atoms with Crippen molar-refractivity contribution in [3.8, 4) is 0 Å². The molecule has 7 nitrogen and oxygen atoms in total. The summed E-state index contributed by atoms with van der Waals surface area (Å²) in [6, 6.07) is 15.0. The Kier molecular flexibility index (Phi) is 6.09. The Labute approximate surface area is 189 Å². The molecule has 2 aromatic carbocycles. The molecule has 1 aliphatic heterocycles. The first-order chi connectivity index (χ1) is 14.7. The third kappa shape index (κ3) is 5.28. The minimum absolute atomic E-state index is 0.0330. The van der Waals surface area contributed by atoms with E-state index in [1.807, 2.05) is 42.5 Å². The van der Waals surface area contributed by atoms with Crippen molar-refractivity contribution in [3.05, 3.63) is 53.6 Å². The second-order valence-electron chi connectivity index (χ2n) is 7.72. The summed E-state index contributed by atoms with van der Waals surface area (Å²) in [6.07, 6.45) is 0.421. The molecule has 10 heteroatoms. The van der Waals surface area contributed by atoms with Crippen molar-refractivity contribution in [2.75, 3.05) is 22.6 Å². The molecule has 162 valence electrons. The zero-order valence-corrected chi connectivity index (χ0v) is 19.1. The third-order valence-corrected chi connectivity index (χ3v) is 8.07. The molecule has 0 radical (unpaired) electrons. The highest BCUT2D eigenvalue weighted by molar-refractivity contribution is 7.99. The summed E-state index contributed by atoms with van der Waals surface area (Å²) >= 11 is 7.47. The quantitative estimate of drug-likeness (QED) is 0.412. The van der Waals surface area contributed by atoms with Gasteiger partial charge in [-0.2, -0.15) is 0 Å². The van der Waals surface area contributed by atoms with Crippen LogP contribution in [0.15, 0.2) is 53.7 Å². The van der Waals surface area contributed by atoms with Gasteiger partial charge < -0.3 is 10.6 Å². The normalized spacial score (nSPS) is 19.9. The Morgan fingerprint density at radius 3 is 2.65 bits per heavy atom. The number of anilines is 2. The highest BCUT2D eigenvalue weighted by Gasteiger charge is 2.39. The smallest absolute Gasteiger partial charge is 0.230 e. The van der Waals surface area contributed by atoms with Gasteiger partial charge in [0.1, 0.15) is 5.82 Å². The molecule has 1 fully saturated rings. The van der Waals surface area contributed by atoms with Gasteiger partial charge in [-0.25, -0.2) is 18.4 Å². The first kappa shape index (κ1) is 21.9. The van der Waals surface area contributed by atoms with Gasteiger partial charge in [-0.3, -0.25) is 4.79 Å². The van der Waals surface area contributed by atoms with Crippen LogP contribution in [-0.2, 0) is 14.6 Å². The van der Waals surface area contributed by atoms with Crippen LogP contribution in [0.4, 0.5) is 11.5 Å². The summed E-state index contributed by atoms with van der Waals surface area (Å²) < 4.78 is 23.5. The number of benzene rings is 2. The number of hydrogen-bond donors (Lipinski definition) is 2. The molecule has 2 heterocycles. The van der Waals surface area contributed by atoms with Crippen molar-refractivity contribution in [1.29, 1.82) is 0 Å². The van der Waals surface area contributed by atoms with E-state index in [0.29, 0.717) is 22.4 Å². The van der Waals surface area contributed by atoms with E-state index in [1.54, 1.807) is 13.0 Å². The molecule has 0 unspecified atom stereocenters. The summed E-state index contributed by atoms with van der Waals surface area (Å²) in [6.45, 7) is 1.76. The fraction of sp³-hybridized carbons (Fsp3) is 0.286. The second kappa shape index (κ2) is 8.64. The molecule has 1 aromatic heterocycles. The number of thioether (sulfide) groups is 1. The Hall–Kier alpha value is -2.36. The minimum Gasteiger partial charge on any atom is -0.349 e. The summed E-state index contributed by atoms with van der Waals surface area (Å²) in [5.74, 6) is 0.494. The molecule has 4 rings (SSSR count). The van der Waals surface area contributed by atoms with Gasteiger partial charge in [0.2, 0.25) is 5.91 Å². The topological polar surface area (TPSA) is 101 Å². The van der Waals surface area contributed by atoms with Gasteiger partial charge in [-0.05, 0) is 37.6 Å². The summed E-state index contributed by atoms with van der Waals surface area (Å²) in [5, 5.41) is 7.94. The lowest BCUT2D eigenvalue weighted by Crippen LogP contribution is -2.47. The first-order valence-corrected chi connectivity index (χ1v) is 12.8. The van der Waals surface area contributed by atoms with Gasteiger partial charge in [0, 0.05) is 5.39 Å². The largest absolute Gasteiger partial charge is 0.349 e. The van der Waals surface area contributed by atoms with Crippen LogP contribution in [0.2, 0.25) is 5.02 Å². The SMILES string of the molecule is C[C@]1(NC(=O)CSc2nc(Nc3ccccc3Cl)c3ccccc3n2)CCS(=O)(=O)C1. The average Bonchev–Trinajstić information content (AvgIpc) is 3.00. The van der Waals surface area contributed by atoms with Crippen LogP contribution in [0.5, 0.6) is 0 Å². The highest BCUT2D eigenvalue weighted by Crippen LogP contribution is 2.30. The van der Waals surface area contributed by atoms with Crippen LogP contribution in [0, 0.1) is 0 Å². The highest BCUT2D eigenvalue weighted by atomic mass is 35.5. The average molecular weight is 477 g/mol. The monoisotopic (exact) mass is 476 g/mol. The van der Waals surface area contributed by atoms with Crippen LogP contribution in [0.3, 0.4) is 0 Å². The third-order valence-electron chi connectivity index (χ3n) is 4.99. The molecular formula is C21H21ClN4O3S2. The number of hydrogen-bond acceptors (Lipinski definition) is 7.